The summed E-state index contributed by atoms with van der Waals surface area (Å²) in [7, 11) is 0. The largest absolute Gasteiger partial charge is 0.494 e. The zero-order valence-corrected chi connectivity index (χ0v) is 17.4. The molecular weight excluding hydrogens is 379 g/mol. The molecule has 0 saturated heterocycles. The summed E-state index contributed by atoms with van der Waals surface area (Å²) in [6, 6.07) is 13.0. The fraction of sp³-hybridized carbons (Fsp3) is 0.409. The summed E-state index contributed by atoms with van der Waals surface area (Å²) < 4.78 is 5.80. The van der Waals surface area contributed by atoms with Gasteiger partial charge in [0.1, 0.15) is 5.75 Å². The average Bonchev–Trinajstić information content (AvgIpc) is 2.67. The molecule has 1 N–H and O–H groups in total. The third-order valence-corrected chi connectivity index (χ3v) is 4.81. The normalized spacial score (nSPS) is 11.1. The van der Waals surface area contributed by atoms with Crippen LogP contribution >= 0.6 is 23.2 Å². The number of anilines is 1. The van der Waals surface area contributed by atoms with Crippen LogP contribution in [0.5, 0.6) is 5.75 Å². The zero-order valence-electron chi connectivity index (χ0n) is 15.9. The van der Waals surface area contributed by atoms with E-state index in [1.165, 1.54) is 38.5 Å². The molecule has 0 spiro atoms. The molecule has 2 rings (SSSR count). The first kappa shape index (κ1) is 21.6. The number of hydrogen-bond donors (Lipinski definition) is 1. The monoisotopic (exact) mass is 406 g/mol. The minimum atomic E-state index is 0.619. The second-order valence-corrected chi connectivity index (χ2v) is 7.37. The second kappa shape index (κ2) is 12.6. The Morgan fingerprint density at radius 1 is 0.926 bits per heavy atom. The van der Waals surface area contributed by atoms with E-state index in [1.807, 2.05) is 42.5 Å². The molecule has 146 valence electrons. The fourth-order valence-electron chi connectivity index (χ4n) is 2.65. The SMILES string of the molecule is CCCCCCCCCOc1ccc(/C=N/Nc2ccc(Cl)cc2)c(Cl)c1. The molecule has 0 heterocycles. The Morgan fingerprint density at radius 2 is 1.63 bits per heavy atom. The molecule has 0 atom stereocenters. The molecule has 0 saturated carbocycles. The number of unbranched alkanes of at least 4 members (excludes halogenated alkanes) is 6. The third-order valence-electron chi connectivity index (χ3n) is 4.23. The highest BCUT2D eigenvalue weighted by atomic mass is 35.5. The van der Waals surface area contributed by atoms with Gasteiger partial charge in [0.25, 0.3) is 0 Å². The van der Waals surface area contributed by atoms with Gasteiger partial charge in [0.15, 0.2) is 0 Å². The molecule has 0 fully saturated rings. The van der Waals surface area contributed by atoms with Gasteiger partial charge in [0.05, 0.1) is 23.5 Å². The lowest BCUT2D eigenvalue weighted by Gasteiger charge is -2.08. The molecule has 0 aliphatic carbocycles. The number of nitrogens with one attached hydrogen (secondary N) is 1. The van der Waals surface area contributed by atoms with Gasteiger partial charge in [0, 0.05) is 10.6 Å². The van der Waals surface area contributed by atoms with E-state index >= 15 is 0 Å². The molecule has 0 amide bonds. The zero-order chi connectivity index (χ0) is 19.3. The van der Waals surface area contributed by atoms with Crippen molar-refractivity contribution in [3.63, 3.8) is 0 Å². The molecule has 0 radical (unpaired) electrons. The molecule has 2 aromatic carbocycles. The van der Waals surface area contributed by atoms with Crippen LogP contribution in [-0.2, 0) is 0 Å². The average molecular weight is 407 g/mol. The van der Waals surface area contributed by atoms with Crippen molar-refractivity contribution in [2.75, 3.05) is 12.0 Å². The third kappa shape index (κ3) is 8.68. The summed E-state index contributed by atoms with van der Waals surface area (Å²) in [5.74, 6) is 0.800. The number of ether oxygens (including phenoxy) is 1. The maximum atomic E-state index is 6.33. The Kier molecular flexibility index (Phi) is 10.1. The fourth-order valence-corrected chi connectivity index (χ4v) is 3.00. The highest BCUT2D eigenvalue weighted by Gasteiger charge is 2.01. The number of rotatable bonds is 12. The summed E-state index contributed by atoms with van der Waals surface area (Å²) in [5.41, 5.74) is 4.65. The van der Waals surface area contributed by atoms with E-state index in [4.69, 9.17) is 27.9 Å². The number of halogens is 2. The van der Waals surface area contributed by atoms with Gasteiger partial charge < -0.3 is 4.74 Å². The van der Waals surface area contributed by atoms with Crippen molar-refractivity contribution in [1.82, 2.24) is 0 Å². The quantitative estimate of drug-likeness (QED) is 0.224. The van der Waals surface area contributed by atoms with E-state index in [-0.39, 0.29) is 0 Å². The Labute approximate surface area is 172 Å². The smallest absolute Gasteiger partial charge is 0.120 e. The summed E-state index contributed by atoms with van der Waals surface area (Å²) in [4.78, 5) is 0. The summed E-state index contributed by atoms with van der Waals surface area (Å²) >= 11 is 12.2. The molecule has 5 heteroatoms. The molecule has 0 unspecified atom stereocenters. The summed E-state index contributed by atoms with van der Waals surface area (Å²) in [6.07, 6.45) is 10.6. The van der Waals surface area contributed by atoms with Crippen LogP contribution in [-0.4, -0.2) is 12.8 Å². The van der Waals surface area contributed by atoms with Crippen molar-refractivity contribution in [1.29, 1.82) is 0 Å². The van der Waals surface area contributed by atoms with Crippen LogP contribution in [0, 0.1) is 0 Å². The molecule has 3 nitrogen and oxygen atoms in total. The lowest BCUT2D eigenvalue weighted by Crippen LogP contribution is -1.98. The molecule has 0 aliphatic heterocycles. The molecule has 27 heavy (non-hydrogen) atoms. The first-order chi connectivity index (χ1) is 13.2. The number of hydrogen-bond acceptors (Lipinski definition) is 3. The van der Waals surface area contributed by atoms with E-state index in [1.54, 1.807) is 6.21 Å². The van der Waals surface area contributed by atoms with Gasteiger partial charge in [-0.3, -0.25) is 5.43 Å². The highest BCUT2D eigenvalue weighted by Crippen LogP contribution is 2.22. The van der Waals surface area contributed by atoms with Gasteiger partial charge in [-0.05, 0) is 48.9 Å². The van der Waals surface area contributed by atoms with E-state index in [0.29, 0.717) is 10.0 Å². The van der Waals surface area contributed by atoms with E-state index in [2.05, 4.69) is 17.5 Å². The van der Waals surface area contributed by atoms with Crippen LogP contribution in [0.2, 0.25) is 10.0 Å². The predicted octanol–water partition coefficient (Wildman–Crippen LogP) is 7.57. The van der Waals surface area contributed by atoms with Crippen LogP contribution in [0.1, 0.15) is 57.4 Å². The van der Waals surface area contributed by atoms with Gasteiger partial charge in [0.2, 0.25) is 0 Å². The second-order valence-electron chi connectivity index (χ2n) is 6.53. The minimum Gasteiger partial charge on any atom is -0.494 e. The van der Waals surface area contributed by atoms with Crippen molar-refractivity contribution in [3.8, 4) is 5.75 Å². The molecule has 2 aromatic rings. The first-order valence-corrected chi connectivity index (χ1v) is 10.4. The lowest BCUT2D eigenvalue weighted by atomic mass is 10.1. The highest BCUT2D eigenvalue weighted by molar-refractivity contribution is 6.33. The Morgan fingerprint density at radius 3 is 2.33 bits per heavy atom. The van der Waals surface area contributed by atoms with E-state index in [9.17, 15) is 0 Å². The Balaban J connectivity index is 1.71. The first-order valence-electron chi connectivity index (χ1n) is 9.66. The topological polar surface area (TPSA) is 33.6 Å². The minimum absolute atomic E-state index is 0.619. The Bertz CT molecular complexity index is 702. The van der Waals surface area contributed by atoms with Crippen LogP contribution in [0.4, 0.5) is 5.69 Å². The number of hydrazone groups is 1. The van der Waals surface area contributed by atoms with Gasteiger partial charge in [-0.25, -0.2) is 0 Å². The molecule has 0 bridgehead atoms. The van der Waals surface area contributed by atoms with E-state index in [0.717, 1.165) is 30.0 Å². The standard InChI is InChI=1S/C22H28Cl2N2O/c1-2-3-4-5-6-7-8-15-27-21-14-9-18(22(24)16-21)17-25-26-20-12-10-19(23)11-13-20/h9-14,16-17,26H,2-8,15H2,1H3/b25-17+. The van der Waals surface area contributed by atoms with Crippen molar-refractivity contribution in [2.45, 2.75) is 51.9 Å². The van der Waals surface area contributed by atoms with Gasteiger partial charge in [-0.15, -0.1) is 0 Å². The number of nitrogens with zero attached hydrogens (tertiary/aromatic N) is 1. The van der Waals surface area contributed by atoms with Crippen molar-refractivity contribution < 1.29 is 4.74 Å². The molecule has 0 aliphatic rings. The Hall–Kier alpha value is -1.71. The van der Waals surface area contributed by atoms with Gasteiger partial charge in [-0.2, -0.15) is 5.10 Å². The van der Waals surface area contributed by atoms with Crippen molar-refractivity contribution >= 4 is 35.1 Å². The van der Waals surface area contributed by atoms with Gasteiger partial charge in [-0.1, -0.05) is 68.7 Å². The van der Waals surface area contributed by atoms with Crippen LogP contribution in [0.25, 0.3) is 0 Å². The summed E-state index contributed by atoms with van der Waals surface area (Å²) in [5, 5.41) is 5.52. The lowest BCUT2D eigenvalue weighted by molar-refractivity contribution is 0.304. The maximum Gasteiger partial charge on any atom is 0.120 e. The van der Waals surface area contributed by atoms with Crippen LogP contribution in [0.15, 0.2) is 47.6 Å². The molecular formula is C22H28Cl2N2O. The van der Waals surface area contributed by atoms with E-state index < -0.39 is 0 Å². The molecule has 0 aromatic heterocycles. The van der Waals surface area contributed by atoms with Crippen LogP contribution in [0.3, 0.4) is 0 Å². The van der Waals surface area contributed by atoms with Crippen molar-refractivity contribution in [2.24, 2.45) is 5.10 Å². The van der Waals surface area contributed by atoms with Gasteiger partial charge >= 0.3 is 0 Å². The number of benzene rings is 2. The predicted molar refractivity (Wildman–Crippen MR) is 118 cm³/mol. The summed E-state index contributed by atoms with van der Waals surface area (Å²) in [6.45, 7) is 2.97. The van der Waals surface area contributed by atoms with Crippen LogP contribution < -0.4 is 10.2 Å². The van der Waals surface area contributed by atoms with Crippen molar-refractivity contribution in [3.05, 3.63) is 58.1 Å². The maximum absolute atomic E-state index is 6.33.